The molecule has 2 aromatic carbocycles. The number of imide groups is 1. The lowest BCUT2D eigenvalue weighted by molar-refractivity contribution is -0.167. The molecule has 0 saturated carbocycles. The summed E-state index contributed by atoms with van der Waals surface area (Å²) in [5.41, 5.74) is -1.27. The van der Waals surface area contributed by atoms with Crippen LogP contribution in [0.4, 0.5) is 21.0 Å². The molecule has 1 saturated heterocycles. The number of morpholine rings is 1. The smallest absolute Gasteiger partial charge is 0.420 e. The summed E-state index contributed by atoms with van der Waals surface area (Å²) in [7, 11) is 0. The van der Waals surface area contributed by atoms with Crippen LogP contribution in [0.25, 0.3) is 0 Å². The maximum absolute atomic E-state index is 13.7. The van der Waals surface area contributed by atoms with E-state index in [0.717, 1.165) is 6.92 Å². The highest BCUT2D eigenvalue weighted by Gasteiger charge is 2.43. The average molecular weight is 725 g/mol. The fourth-order valence-corrected chi connectivity index (χ4v) is 4.73. The van der Waals surface area contributed by atoms with Gasteiger partial charge in [0.15, 0.2) is 12.7 Å². The van der Waals surface area contributed by atoms with E-state index in [9.17, 15) is 34.0 Å². The van der Waals surface area contributed by atoms with Gasteiger partial charge in [-0.3, -0.25) is 14.4 Å². The number of anilines is 2. The second-order valence-electron chi connectivity index (χ2n) is 13.4. The average Bonchev–Trinajstić information content (AvgIpc) is 3.04. The SMILES string of the molecule is CCOC(=O)COc1cccc(N2CCOC([C@@H](OC(C)=O)C(=O)Nc3ccc(C#N)c(CN(C(=O)OC(C)(C)C)C(=O)OC(C)(C)C)c3)C2=O)c1. The largest absolute Gasteiger partial charge is 0.482 e. The zero-order valence-corrected chi connectivity index (χ0v) is 30.5. The number of carbonyl (C=O) groups excluding carboxylic acids is 6. The summed E-state index contributed by atoms with van der Waals surface area (Å²) in [5, 5.41) is 12.4. The highest BCUT2D eigenvalue weighted by atomic mass is 16.6. The van der Waals surface area contributed by atoms with Crippen molar-refractivity contribution in [1.82, 2.24) is 4.90 Å². The number of hydrogen-bond donors (Lipinski definition) is 1. The molecule has 0 aliphatic carbocycles. The summed E-state index contributed by atoms with van der Waals surface area (Å²) in [6.45, 7) is 11.9. The lowest BCUT2D eigenvalue weighted by Gasteiger charge is -2.35. The molecule has 2 aromatic rings. The zero-order valence-electron chi connectivity index (χ0n) is 30.5. The standard InChI is InChI=1S/C36H44N4O12/c1-9-47-28(42)21-49-27-12-10-11-26(18-27)39-15-16-48-30(32(39)44)29(50-22(2)41)31(43)38-25-14-13-23(19-37)24(17-25)20-40(33(45)51-35(3,4)5)34(46)52-36(6,7)8/h10-14,17-18,29-30H,9,15-16,20-21H2,1-8H3,(H,38,43)/t29-,30?/m1/s1. The number of nitriles is 1. The minimum Gasteiger partial charge on any atom is -0.482 e. The molecule has 0 aromatic heterocycles. The van der Waals surface area contributed by atoms with Crippen LogP contribution >= 0.6 is 0 Å². The van der Waals surface area contributed by atoms with Gasteiger partial charge in [0.1, 0.15) is 17.0 Å². The highest BCUT2D eigenvalue weighted by Crippen LogP contribution is 2.27. The van der Waals surface area contributed by atoms with E-state index in [4.69, 9.17) is 28.4 Å². The first kappa shape index (κ1) is 40.7. The molecule has 0 radical (unpaired) electrons. The molecule has 1 aliphatic rings. The van der Waals surface area contributed by atoms with Crippen molar-refractivity contribution >= 4 is 47.3 Å². The predicted molar refractivity (Wildman–Crippen MR) is 184 cm³/mol. The maximum Gasteiger partial charge on any atom is 0.420 e. The number of rotatable bonds is 11. The number of benzene rings is 2. The van der Waals surface area contributed by atoms with Gasteiger partial charge in [-0.15, -0.1) is 0 Å². The molecule has 52 heavy (non-hydrogen) atoms. The van der Waals surface area contributed by atoms with Gasteiger partial charge in [-0.1, -0.05) is 6.07 Å². The van der Waals surface area contributed by atoms with Crippen molar-refractivity contribution in [3.05, 3.63) is 53.6 Å². The first-order valence-electron chi connectivity index (χ1n) is 16.4. The molecular formula is C36H44N4O12. The first-order valence-corrected chi connectivity index (χ1v) is 16.4. The summed E-state index contributed by atoms with van der Waals surface area (Å²) in [6.07, 6.45) is -5.36. The fraction of sp³-hybridized carbons (Fsp3) is 0.472. The molecule has 4 amide bonds. The Bertz CT molecular complexity index is 1680. The van der Waals surface area contributed by atoms with Crippen molar-refractivity contribution in [2.45, 2.75) is 85.3 Å². The van der Waals surface area contributed by atoms with Crippen molar-refractivity contribution in [2.75, 3.05) is 36.6 Å². The third-order valence-corrected chi connectivity index (χ3v) is 6.79. The highest BCUT2D eigenvalue weighted by molar-refractivity contribution is 6.04. The Balaban J connectivity index is 1.88. The van der Waals surface area contributed by atoms with Crippen molar-refractivity contribution < 1.29 is 57.2 Å². The van der Waals surface area contributed by atoms with E-state index < -0.39 is 65.9 Å². The molecule has 1 unspecified atom stereocenters. The van der Waals surface area contributed by atoms with Crippen LogP contribution in [0.15, 0.2) is 42.5 Å². The molecule has 0 spiro atoms. The lowest BCUT2D eigenvalue weighted by Crippen LogP contribution is -2.56. The number of esters is 2. The second-order valence-corrected chi connectivity index (χ2v) is 13.4. The van der Waals surface area contributed by atoms with E-state index in [-0.39, 0.29) is 48.9 Å². The molecule has 0 bridgehead atoms. The van der Waals surface area contributed by atoms with Gasteiger partial charge in [-0.05, 0) is 84.4 Å². The van der Waals surface area contributed by atoms with Gasteiger partial charge in [-0.2, -0.15) is 5.26 Å². The van der Waals surface area contributed by atoms with Crippen LogP contribution in [0.2, 0.25) is 0 Å². The Kier molecular flexibility index (Phi) is 13.7. The number of hydrogen-bond acceptors (Lipinski definition) is 13. The fourth-order valence-electron chi connectivity index (χ4n) is 4.73. The van der Waals surface area contributed by atoms with Crippen molar-refractivity contribution in [3.8, 4) is 11.8 Å². The molecule has 2 atom stereocenters. The molecule has 1 N–H and O–H groups in total. The maximum atomic E-state index is 13.7. The van der Waals surface area contributed by atoms with Crippen LogP contribution in [0, 0.1) is 11.3 Å². The minimum atomic E-state index is -1.75. The first-order chi connectivity index (χ1) is 24.3. The van der Waals surface area contributed by atoms with E-state index in [1.165, 1.54) is 29.2 Å². The van der Waals surface area contributed by atoms with Crippen LogP contribution < -0.4 is 15.0 Å². The Morgan fingerprint density at radius 3 is 2.25 bits per heavy atom. The molecule has 280 valence electrons. The van der Waals surface area contributed by atoms with Crippen molar-refractivity contribution in [3.63, 3.8) is 0 Å². The number of nitrogens with one attached hydrogen (secondary N) is 1. The molecule has 1 heterocycles. The summed E-state index contributed by atoms with van der Waals surface area (Å²) in [5.74, 6) is -2.78. The minimum absolute atomic E-state index is 0.0262. The number of carbonyl (C=O) groups is 6. The Hall–Kier alpha value is -5.69. The molecular weight excluding hydrogens is 680 g/mol. The quantitative estimate of drug-likeness (QED) is 0.252. The van der Waals surface area contributed by atoms with Crippen molar-refractivity contribution in [2.24, 2.45) is 0 Å². The third-order valence-electron chi connectivity index (χ3n) is 6.79. The van der Waals surface area contributed by atoms with Gasteiger partial charge in [0.25, 0.3) is 11.8 Å². The Morgan fingerprint density at radius 1 is 1.02 bits per heavy atom. The molecule has 16 nitrogen and oxygen atoms in total. The van der Waals surface area contributed by atoms with Crippen LogP contribution in [0.5, 0.6) is 5.75 Å². The monoisotopic (exact) mass is 724 g/mol. The summed E-state index contributed by atoms with van der Waals surface area (Å²) < 4.78 is 32.1. The summed E-state index contributed by atoms with van der Waals surface area (Å²) in [6, 6.07) is 12.4. The van der Waals surface area contributed by atoms with Gasteiger partial charge in [0, 0.05) is 30.9 Å². The van der Waals surface area contributed by atoms with Crippen LogP contribution in [-0.2, 0) is 49.4 Å². The third kappa shape index (κ3) is 12.0. The van der Waals surface area contributed by atoms with Gasteiger partial charge < -0.3 is 38.6 Å². The van der Waals surface area contributed by atoms with Gasteiger partial charge in [0.05, 0.1) is 31.4 Å². The Morgan fingerprint density at radius 2 is 1.67 bits per heavy atom. The van der Waals surface area contributed by atoms with E-state index in [0.29, 0.717) is 10.6 Å². The summed E-state index contributed by atoms with van der Waals surface area (Å²) in [4.78, 5) is 79.5. The summed E-state index contributed by atoms with van der Waals surface area (Å²) >= 11 is 0. The lowest BCUT2D eigenvalue weighted by atomic mass is 10.1. The van der Waals surface area contributed by atoms with Crippen molar-refractivity contribution in [1.29, 1.82) is 5.26 Å². The number of amides is 4. The van der Waals surface area contributed by atoms with E-state index in [2.05, 4.69) is 5.32 Å². The van der Waals surface area contributed by atoms with Gasteiger partial charge in [0.2, 0.25) is 6.10 Å². The van der Waals surface area contributed by atoms with Crippen LogP contribution in [0.1, 0.15) is 66.5 Å². The second kappa shape index (κ2) is 17.5. The van der Waals surface area contributed by atoms with E-state index in [1.54, 1.807) is 66.7 Å². The molecule has 3 rings (SSSR count). The van der Waals surface area contributed by atoms with Crippen LogP contribution in [-0.4, -0.2) is 90.6 Å². The topological polar surface area (TPSA) is 200 Å². The zero-order chi connectivity index (χ0) is 38.8. The van der Waals surface area contributed by atoms with E-state index >= 15 is 0 Å². The predicted octanol–water partition coefficient (Wildman–Crippen LogP) is 4.47. The normalized spacial score (nSPS) is 15.0. The Labute approximate surface area is 301 Å². The van der Waals surface area contributed by atoms with E-state index in [1.807, 2.05) is 6.07 Å². The number of ether oxygens (including phenoxy) is 6. The molecule has 16 heteroatoms. The van der Waals surface area contributed by atoms with Gasteiger partial charge in [-0.25, -0.2) is 19.3 Å². The molecule has 1 fully saturated rings. The molecule has 1 aliphatic heterocycles. The number of nitrogens with zero attached hydrogens (tertiary/aromatic N) is 3. The van der Waals surface area contributed by atoms with Gasteiger partial charge >= 0.3 is 24.1 Å². The van der Waals surface area contributed by atoms with Crippen LogP contribution in [0.3, 0.4) is 0 Å².